The molecule has 8 heteroatoms. The maximum absolute atomic E-state index is 12.9. The molecule has 1 amide bonds. The van der Waals surface area contributed by atoms with Gasteiger partial charge in [-0.1, -0.05) is 17.7 Å². The van der Waals surface area contributed by atoms with Gasteiger partial charge in [0, 0.05) is 11.6 Å². The van der Waals surface area contributed by atoms with Crippen LogP contribution in [0.3, 0.4) is 0 Å². The summed E-state index contributed by atoms with van der Waals surface area (Å²) < 4.78 is 12.9. The highest BCUT2D eigenvalue weighted by Crippen LogP contribution is 2.25. The van der Waals surface area contributed by atoms with Gasteiger partial charge in [-0.3, -0.25) is 14.9 Å². The molecule has 0 spiro atoms. The molecule has 102 valence electrons. The first-order chi connectivity index (χ1) is 9.47. The predicted octanol–water partition coefficient (Wildman–Crippen LogP) is 3.03. The molecule has 20 heavy (non-hydrogen) atoms. The summed E-state index contributed by atoms with van der Waals surface area (Å²) in [7, 11) is 0. The van der Waals surface area contributed by atoms with Gasteiger partial charge in [-0.25, -0.2) is 4.98 Å². The first-order valence-corrected chi connectivity index (χ1v) is 5.73. The van der Waals surface area contributed by atoms with E-state index in [1.807, 2.05) is 0 Å². The van der Waals surface area contributed by atoms with E-state index in [2.05, 4.69) is 10.3 Å². The fourth-order valence-electron chi connectivity index (χ4n) is 1.46. The number of carbonyl (C=O) groups is 1. The van der Waals surface area contributed by atoms with Crippen molar-refractivity contribution in [1.82, 2.24) is 4.98 Å². The zero-order valence-electron chi connectivity index (χ0n) is 9.84. The molecule has 0 saturated carbocycles. The van der Waals surface area contributed by atoms with Gasteiger partial charge in [0.15, 0.2) is 0 Å². The van der Waals surface area contributed by atoms with Crippen molar-refractivity contribution in [3.05, 3.63) is 63.0 Å². The SMILES string of the molecule is O=C(Nc1cccc(F)n1)c1ccc(Cl)c([N+](=O)[O-])c1. The molecule has 0 saturated heterocycles. The van der Waals surface area contributed by atoms with Crippen LogP contribution in [0.4, 0.5) is 15.9 Å². The maximum Gasteiger partial charge on any atom is 0.288 e. The molecule has 0 unspecified atom stereocenters. The number of nitrogens with zero attached hydrogens (tertiary/aromatic N) is 2. The highest BCUT2D eigenvalue weighted by atomic mass is 35.5. The molecule has 0 aliphatic heterocycles. The average Bonchev–Trinajstić information content (AvgIpc) is 2.38. The molecular weight excluding hydrogens is 289 g/mol. The summed E-state index contributed by atoms with van der Waals surface area (Å²) in [6.07, 6.45) is 0. The van der Waals surface area contributed by atoms with Crippen LogP contribution in [0.1, 0.15) is 10.4 Å². The molecule has 0 fully saturated rings. The molecule has 0 radical (unpaired) electrons. The molecule has 1 heterocycles. The monoisotopic (exact) mass is 295 g/mol. The zero-order chi connectivity index (χ0) is 14.7. The summed E-state index contributed by atoms with van der Waals surface area (Å²) in [5, 5.41) is 13.0. The number of amides is 1. The van der Waals surface area contributed by atoms with Crippen LogP contribution >= 0.6 is 11.6 Å². The van der Waals surface area contributed by atoms with Crippen LogP contribution in [0.15, 0.2) is 36.4 Å². The van der Waals surface area contributed by atoms with Crippen molar-refractivity contribution in [2.24, 2.45) is 0 Å². The fourth-order valence-corrected chi connectivity index (χ4v) is 1.65. The number of nitrogens with one attached hydrogen (secondary N) is 1. The van der Waals surface area contributed by atoms with Crippen LogP contribution in [-0.2, 0) is 0 Å². The molecule has 0 aliphatic rings. The summed E-state index contributed by atoms with van der Waals surface area (Å²) >= 11 is 5.64. The molecule has 2 aromatic rings. The molecular formula is C12H7ClFN3O3. The number of hydrogen-bond donors (Lipinski definition) is 1. The number of nitro benzene ring substituents is 1. The van der Waals surface area contributed by atoms with Crippen LogP contribution in [-0.4, -0.2) is 15.8 Å². The van der Waals surface area contributed by atoms with E-state index < -0.39 is 16.8 Å². The quantitative estimate of drug-likeness (QED) is 0.536. The minimum atomic E-state index is -0.745. The third-order valence-electron chi connectivity index (χ3n) is 2.36. The zero-order valence-corrected chi connectivity index (χ0v) is 10.6. The lowest BCUT2D eigenvalue weighted by molar-refractivity contribution is -0.384. The Labute approximate surface area is 117 Å². The van der Waals surface area contributed by atoms with Gasteiger partial charge in [0.2, 0.25) is 5.95 Å². The first-order valence-electron chi connectivity index (χ1n) is 5.35. The summed E-state index contributed by atoms with van der Waals surface area (Å²) in [5.74, 6) is -1.39. The van der Waals surface area contributed by atoms with Crippen molar-refractivity contribution in [2.45, 2.75) is 0 Å². The van der Waals surface area contributed by atoms with E-state index in [1.165, 1.54) is 24.3 Å². The van der Waals surface area contributed by atoms with Gasteiger partial charge in [0.1, 0.15) is 10.8 Å². The Hall–Kier alpha value is -2.54. The topological polar surface area (TPSA) is 85.1 Å². The predicted molar refractivity (Wildman–Crippen MR) is 70.3 cm³/mol. The lowest BCUT2D eigenvalue weighted by atomic mass is 10.2. The lowest BCUT2D eigenvalue weighted by Crippen LogP contribution is -2.13. The second-order valence-electron chi connectivity index (χ2n) is 3.72. The molecule has 6 nitrogen and oxygen atoms in total. The van der Waals surface area contributed by atoms with Gasteiger partial charge in [0.25, 0.3) is 11.6 Å². The summed E-state index contributed by atoms with van der Waals surface area (Å²) in [5.41, 5.74) is -0.362. The molecule has 0 bridgehead atoms. The van der Waals surface area contributed by atoms with E-state index >= 15 is 0 Å². The number of halogens is 2. The lowest BCUT2D eigenvalue weighted by Gasteiger charge is -2.04. The van der Waals surface area contributed by atoms with Crippen LogP contribution < -0.4 is 5.32 Å². The highest BCUT2D eigenvalue weighted by Gasteiger charge is 2.16. The number of carbonyl (C=O) groups excluding carboxylic acids is 1. The van der Waals surface area contributed by atoms with Crippen LogP contribution in [0.5, 0.6) is 0 Å². The number of pyridine rings is 1. The van der Waals surface area contributed by atoms with Gasteiger partial charge in [-0.2, -0.15) is 4.39 Å². The van der Waals surface area contributed by atoms with Crippen molar-refractivity contribution in [1.29, 1.82) is 0 Å². The van der Waals surface area contributed by atoms with Gasteiger partial charge in [-0.15, -0.1) is 0 Å². The third-order valence-corrected chi connectivity index (χ3v) is 2.68. The molecule has 1 N–H and O–H groups in total. The smallest absolute Gasteiger partial charge is 0.288 e. The highest BCUT2D eigenvalue weighted by molar-refractivity contribution is 6.32. The van der Waals surface area contributed by atoms with Crippen molar-refractivity contribution < 1.29 is 14.1 Å². The van der Waals surface area contributed by atoms with E-state index in [-0.39, 0.29) is 22.1 Å². The van der Waals surface area contributed by atoms with E-state index in [0.29, 0.717) is 0 Å². The van der Waals surface area contributed by atoms with Gasteiger partial charge in [-0.05, 0) is 24.3 Å². The minimum absolute atomic E-state index is 0.00704. The van der Waals surface area contributed by atoms with Crippen molar-refractivity contribution in [2.75, 3.05) is 5.32 Å². The number of benzene rings is 1. The summed E-state index contributed by atoms with van der Waals surface area (Å²) in [6.45, 7) is 0. The molecule has 0 aliphatic carbocycles. The second kappa shape index (κ2) is 5.62. The Morgan fingerprint density at radius 2 is 2.10 bits per heavy atom. The molecule has 2 rings (SSSR count). The Morgan fingerprint density at radius 3 is 2.75 bits per heavy atom. The number of hydrogen-bond acceptors (Lipinski definition) is 4. The minimum Gasteiger partial charge on any atom is -0.306 e. The number of nitro groups is 1. The maximum atomic E-state index is 12.9. The first kappa shape index (κ1) is 13.9. The Balaban J connectivity index is 2.26. The van der Waals surface area contributed by atoms with Crippen molar-refractivity contribution in [3.63, 3.8) is 0 Å². The molecule has 1 aromatic heterocycles. The van der Waals surface area contributed by atoms with Crippen molar-refractivity contribution >= 4 is 29.0 Å². The van der Waals surface area contributed by atoms with Crippen LogP contribution in [0.25, 0.3) is 0 Å². The normalized spacial score (nSPS) is 10.1. The van der Waals surface area contributed by atoms with Crippen LogP contribution in [0, 0.1) is 16.1 Å². The standard InChI is InChI=1S/C12H7ClFN3O3/c13-8-5-4-7(6-9(8)17(19)20)12(18)16-11-3-1-2-10(14)15-11/h1-6H,(H,15,16,18). The average molecular weight is 296 g/mol. The Morgan fingerprint density at radius 1 is 1.35 bits per heavy atom. The number of anilines is 1. The third kappa shape index (κ3) is 3.07. The van der Waals surface area contributed by atoms with Crippen LogP contribution in [0.2, 0.25) is 5.02 Å². The fraction of sp³-hybridized carbons (Fsp3) is 0. The van der Waals surface area contributed by atoms with E-state index in [4.69, 9.17) is 11.6 Å². The Bertz CT molecular complexity index is 693. The van der Waals surface area contributed by atoms with Gasteiger partial charge >= 0.3 is 0 Å². The molecule has 1 aromatic carbocycles. The number of rotatable bonds is 3. The van der Waals surface area contributed by atoms with Gasteiger partial charge in [0.05, 0.1) is 4.92 Å². The number of aromatic nitrogens is 1. The van der Waals surface area contributed by atoms with E-state index in [1.54, 1.807) is 0 Å². The van der Waals surface area contributed by atoms with Crippen molar-refractivity contribution in [3.8, 4) is 0 Å². The summed E-state index contributed by atoms with van der Waals surface area (Å²) in [4.78, 5) is 25.4. The van der Waals surface area contributed by atoms with E-state index in [9.17, 15) is 19.3 Å². The Kier molecular flexibility index (Phi) is 3.90. The van der Waals surface area contributed by atoms with Gasteiger partial charge < -0.3 is 5.32 Å². The summed E-state index contributed by atoms with van der Waals surface area (Å²) in [6, 6.07) is 7.50. The molecule has 0 atom stereocenters. The largest absolute Gasteiger partial charge is 0.306 e. The second-order valence-corrected chi connectivity index (χ2v) is 4.13. The van der Waals surface area contributed by atoms with E-state index in [0.717, 1.165) is 12.1 Å².